The molecule has 0 fully saturated rings. The monoisotopic (exact) mass is 290 g/mol. The summed E-state index contributed by atoms with van der Waals surface area (Å²) in [5, 5.41) is 7.47. The smallest absolute Gasteiger partial charge is 0.119 e. The lowest BCUT2D eigenvalue weighted by Gasteiger charge is -2.09. The molecule has 2 N–H and O–H groups in total. The molecule has 2 aromatic carbocycles. The van der Waals surface area contributed by atoms with Crippen LogP contribution in [0.25, 0.3) is 0 Å². The van der Waals surface area contributed by atoms with Crippen molar-refractivity contribution >= 4 is 23.0 Å². The van der Waals surface area contributed by atoms with E-state index < -0.39 is 0 Å². The van der Waals surface area contributed by atoms with E-state index in [0.29, 0.717) is 0 Å². The van der Waals surface area contributed by atoms with Crippen LogP contribution >= 0.6 is 11.6 Å². The zero-order chi connectivity index (χ0) is 14.2. The predicted octanol–water partition coefficient (Wildman–Crippen LogP) is 4.26. The molecule has 0 aliphatic heterocycles. The summed E-state index contributed by atoms with van der Waals surface area (Å²) in [5.41, 5.74) is 2.16. The largest absolute Gasteiger partial charge is 0.497 e. The van der Waals surface area contributed by atoms with Gasteiger partial charge in [-0.2, -0.15) is 0 Å². The van der Waals surface area contributed by atoms with Gasteiger partial charge in [0.2, 0.25) is 0 Å². The number of halogens is 1. The Morgan fingerprint density at radius 3 is 2.30 bits per heavy atom. The molecule has 0 atom stereocenters. The summed E-state index contributed by atoms with van der Waals surface area (Å²) in [4.78, 5) is 0. The Bertz CT molecular complexity index is 528. The Balaban J connectivity index is 1.66. The van der Waals surface area contributed by atoms with Crippen molar-refractivity contribution in [1.29, 1.82) is 0 Å². The van der Waals surface area contributed by atoms with Crippen LogP contribution in [0, 0.1) is 0 Å². The number of rotatable bonds is 7. The van der Waals surface area contributed by atoms with Gasteiger partial charge >= 0.3 is 0 Å². The molecule has 4 heteroatoms. The summed E-state index contributed by atoms with van der Waals surface area (Å²) >= 11 is 5.93. The molecular weight excluding hydrogens is 272 g/mol. The SMILES string of the molecule is COc1ccc(NCCCNc2cccc(Cl)c2)cc1. The molecule has 0 saturated carbocycles. The van der Waals surface area contributed by atoms with Gasteiger partial charge in [0.05, 0.1) is 7.11 Å². The summed E-state index contributed by atoms with van der Waals surface area (Å²) in [6, 6.07) is 15.7. The standard InChI is InChI=1S/C16H19ClN2O/c1-20-16-8-6-14(7-9-16)18-10-3-11-19-15-5-2-4-13(17)12-15/h2,4-9,12,18-19H,3,10-11H2,1H3. The molecule has 0 saturated heterocycles. The quantitative estimate of drug-likeness (QED) is 0.748. The molecule has 0 aromatic heterocycles. The Morgan fingerprint density at radius 2 is 1.65 bits per heavy atom. The normalized spacial score (nSPS) is 10.1. The van der Waals surface area contributed by atoms with Crippen molar-refractivity contribution in [2.45, 2.75) is 6.42 Å². The van der Waals surface area contributed by atoms with Crippen LogP contribution in [0.1, 0.15) is 6.42 Å². The minimum atomic E-state index is 0.756. The first kappa shape index (κ1) is 14.5. The number of benzene rings is 2. The first-order valence-corrected chi connectivity index (χ1v) is 7.03. The van der Waals surface area contributed by atoms with Crippen LogP contribution in [-0.4, -0.2) is 20.2 Å². The van der Waals surface area contributed by atoms with E-state index in [1.807, 2.05) is 48.5 Å². The molecule has 0 bridgehead atoms. The summed E-state index contributed by atoms with van der Waals surface area (Å²) in [6.45, 7) is 1.82. The second-order valence-electron chi connectivity index (χ2n) is 4.45. The molecule has 20 heavy (non-hydrogen) atoms. The maximum atomic E-state index is 5.93. The summed E-state index contributed by atoms with van der Waals surface area (Å²) < 4.78 is 5.12. The fraction of sp³-hybridized carbons (Fsp3) is 0.250. The third kappa shape index (κ3) is 4.67. The highest BCUT2D eigenvalue weighted by Gasteiger charge is 1.95. The van der Waals surface area contributed by atoms with E-state index >= 15 is 0 Å². The Labute approximate surface area is 124 Å². The van der Waals surface area contributed by atoms with Gasteiger partial charge in [0.25, 0.3) is 0 Å². The van der Waals surface area contributed by atoms with Crippen molar-refractivity contribution in [3.05, 3.63) is 53.6 Å². The van der Waals surface area contributed by atoms with Gasteiger partial charge in [-0.3, -0.25) is 0 Å². The zero-order valence-corrected chi connectivity index (χ0v) is 12.3. The average molecular weight is 291 g/mol. The van der Waals surface area contributed by atoms with Crippen LogP contribution in [0.4, 0.5) is 11.4 Å². The summed E-state index contributed by atoms with van der Waals surface area (Å²) in [5.74, 6) is 0.873. The second-order valence-corrected chi connectivity index (χ2v) is 4.88. The van der Waals surface area contributed by atoms with Gasteiger partial charge < -0.3 is 15.4 Å². The molecule has 106 valence electrons. The fourth-order valence-electron chi connectivity index (χ4n) is 1.86. The number of ether oxygens (including phenoxy) is 1. The van der Waals surface area contributed by atoms with Crippen LogP contribution in [0.3, 0.4) is 0 Å². The van der Waals surface area contributed by atoms with E-state index in [-0.39, 0.29) is 0 Å². The number of hydrogen-bond donors (Lipinski definition) is 2. The predicted molar refractivity (Wildman–Crippen MR) is 86.0 cm³/mol. The lowest BCUT2D eigenvalue weighted by Crippen LogP contribution is -2.09. The van der Waals surface area contributed by atoms with E-state index in [4.69, 9.17) is 16.3 Å². The number of anilines is 2. The second kappa shape index (κ2) is 7.65. The Kier molecular flexibility index (Phi) is 5.56. The van der Waals surface area contributed by atoms with Crippen molar-refractivity contribution in [2.75, 3.05) is 30.8 Å². The molecule has 0 spiro atoms. The van der Waals surface area contributed by atoms with E-state index in [2.05, 4.69) is 10.6 Å². The number of hydrogen-bond acceptors (Lipinski definition) is 3. The first-order valence-electron chi connectivity index (χ1n) is 6.65. The summed E-state index contributed by atoms with van der Waals surface area (Å²) in [6.07, 6.45) is 1.03. The minimum Gasteiger partial charge on any atom is -0.497 e. The van der Waals surface area contributed by atoms with Crippen molar-refractivity contribution in [1.82, 2.24) is 0 Å². The van der Waals surface area contributed by atoms with Gasteiger partial charge in [-0.05, 0) is 48.9 Å². The van der Waals surface area contributed by atoms with Crippen molar-refractivity contribution in [2.24, 2.45) is 0 Å². The molecule has 2 aromatic rings. The fourth-order valence-corrected chi connectivity index (χ4v) is 2.05. The molecule has 0 aliphatic rings. The van der Waals surface area contributed by atoms with Gasteiger partial charge in [0.1, 0.15) is 5.75 Å². The number of methoxy groups -OCH3 is 1. The van der Waals surface area contributed by atoms with Gasteiger partial charge in [0.15, 0.2) is 0 Å². The van der Waals surface area contributed by atoms with Gasteiger partial charge in [0, 0.05) is 29.5 Å². The molecule has 3 nitrogen and oxygen atoms in total. The van der Waals surface area contributed by atoms with Crippen LogP contribution in [-0.2, 0) is 0 Å². The van der Waals surface area contributed by atoms with Crippen LogP contribution in [0.2, 0.25) is 5.02 Å². The third-order valence-electron chi connectivity index (χ3n) is 2.93. The number of nitrogens with one attached hydrogen (secondary N) is 2. The average Bonchev–Trinajstić information content (AvgIpc) is 2.48. The van der Waals surface area contributed by atoms with E-state index in [1.165, 1.54) is 0 Å². The van der Waals surface area contributed by atoms with Crippen LogP contribution in [0.15, 0.2) is 48.5 Å². The highest BCUT2D eigenvalue weighted by molar-refractivity contribution is 6.30. The summed E-state index contributed by atoms with van der Waals surface area (Å²) in [7, 11) is 1.67. The Hall–Kier alpha value is -1.87. The van der Waals surface area contributed by atoms with Crippen molar-refractivity contribution in [3.63, 3.8) is 0 Å². The topological polar surface area (TPSA) is 33.3 Å². The lowest BCUT2D eigenvalue weighted by atomic mass is 10.3. The van der Waals surface area contributed by atoms with E-state index in [1.54, 1.807) is 7.11 Å². The van der Waals surface area contributed by atoms with Crippen molar-refractivity contribution in [3.8, 4) is 5.75 Å². The maximum Gasteiger partial charge on any atom is 0.119 e. The van der Waals surface area contributed by atoms with E-state index in [0.717, 1.165) is 41.7 Å². The van der Waals surface area contributed by atoms with Gasteiger partial charge in [-0.15, -0.1) is 0 Å². The van der Waals surface area contributed by atoms with Crippen LogP contribution in [0.5, 0.6) is 5.75 Å². The molecule has 0 radical (unpaired) electrons. The van der Waals surface area contributed by atoms with E-state index in [9.17, 15) is 0 Å². The molecule has 0 aliphatic carbocycles. The molecule has 0 heterocycles. The van der Waals surface area contributed by atoms with Gasteiger partial charge in [-0.1, -0.05) is 17.7 Å². The first-order chi connectivity index (χ1) is 9.78. The highest BCUT2D eigenvalue weighted by atomic mass is 35.5. The van der Waals surface area contributed by atoms with Gasteiger partial charge in [-0.25, -0.2) is 0 Å². The third-order valence-corrected chi connectivity index (χ3v) is 3.16. The zero-order valence-electron chi connectivity index (χ0n) is 11.5. The molecule has 2 rings (SSSR count). The maximum absolute atomic E-state index is 5.93. The van der Waals surface area contributed by atoms with Crippen LogP contribution < -0.4 is 15.4 Å². The molecular formula is C16H19ClN2O. The molecule has 0 amide bonds. The van der Waals surface area contributed by atoms with Crippen molar-refractivity contribution < 1.29 is 4.74 Å². The Morgan fingerprint density at radius 1 is 0.950 bits per heavy atom. The minimum absolute atomic E-state index is 0.756. The lowest BCUT2D eigenvalue weighted by molar-refractivity contribution is 0.415. The highest BCUT2D eigenvalue weighted by Crippen LogP contribution is 2.16. The molecule has 0 unspecified atom stereocenters.